The first kappa shape index (κ1) is 10.7. The van der Waals surface area contributed by atoms with Gasteiger partial charge in [0.15, 0.2) is 0 Å². The number of carbonyl (C=O) groups excluding carboxylic acids is 1. The molecule has 3 heteroatoms. The SMILES string of the molecule is CC(C)(C)NC(=O)c1c[nH]c2ccccc12. The van der Waals surface area contributed by atoms with E-state index in [1.54, 1.807) is 6.20 Å². The number of carbonyl (C=O) groups is 1. The second kappa shape index (κ2) is 3.67. The molecule has 0 spiro atoms. The Balaban J connectivity index is 2.37. The fraction of sp³-hybridized carbons (Fsp3) is 0.308. The van der Waals surface area contributed by atoms with Gasteiger partial charge in [0, 0.05) is 22.6 Å². The highest BCUT2D eigenvalue weighted by Crippen LogP contribution is 2.18. The Bertz CT molecular complexity index is 520. The smallest absolute Gasteiger partial charge is 0.253 e. The third-order valence-corrected chi connectivity index (χ3v) is 2.32. The van der Waals surface area contributed by atoms with Gasteiger partial charge in [0.05, 0.1) is 5.56 Å². The third-order valence-electron chi connectivity index (χ3n) is 2.32. The van der Waals surface area contributed by atoms with Crippen LogP contribution in [0.25, 0.3) is 10.9 Å². The van der Waals surface area contributed by atoms with E-state index in [9.17, 15) is 4.79 Å². The number of hydrogen-bond donors (Lipinski definition) is 2. The molecule has 2 aromatic rings. The molecular weight excluding hydrogens is 200 g/mol. The Hall–Kier alpha value is -1.77. The van der Waals surface area contributed by atoms with Crippen molar-refractivity contribution in [2.45, 2.75) is 26.3 Å². The van der Waals surface area contributed by atoms with E-state index in [-0.39, 0.29) is 11.4 Å². The lowest BCUT2D eigenvalue weighted by Crippen LogP contribution is -2.40. The van der Waals surface area contributed by atoms with E-state index < -0.39 is 0 Å². The second-order valence-electron chi connectivity index (χ2n) is 4.95. The number of amides is 1. The standard InChI is InChI=1S/C13H16N2O/c1-13(2,3)15-12(16)10-8-14-11-7-5-4-6-9(10)11/h4-8,14H,1-3H3,(H,15,16). The second-order valence-corrected chi connectivity index (χ2v) is 4.95. The van der Waals surface area contributed by atoms with Crippen LogP contribution in [0.4, 0.5) is 0 Å². The summed E-state index contributed by atoms with van der Waals surface area (Å²) in [7, 11) is 0. The Kier molecular flexibility index (Phi) is 2.46. The van der Waals surface area contributed by atoms with Gasteiger partial charge in [0.1, 0.15) is 0 Å². The quantitative estimate of drug-likeness (QED) is 0.756. The molecule has 2 rings (SSSR count). The van der Waals surface area contributed by atoms with E-state index in [2.05, 4.69) is 10.3 Å². The number of fused-ring (bicyclic) bond motifs is 1. The summed E-state index contributed by atoms with van der Waals surface area (Å²) < 4.78 is 0. The van der Waals surface area contributed by atoms with E-state index in [4.69, 9.17) is 0 Å². The Morgan fingerprint density at radius 2 is 1.94 bits per heavy atom. The lowest BCUT2D eigenvalue weighted by molar-refractivity contribution is 0.0921. The van der Waals surface area contributed by atoms with E-state index in [0.29, 0.717) is 5.56 Å². The molecule has 0 radical (unpaired) electrons. The molecule has 1 amide bonds. The van der Waals surface area contributed by atoms with Crippen molar-refractivity contribution in [1.82, 2.24) is 10.3 Å². The lowest BCUT2D eigenvalue weighted by atomic mass is 10.1. The van der Waals surface area contributed by atoms with Crippen molar-refractivity contribution >= 4 is 16.8 Å². The van der Waals surface area contributed by atoms with Crippen molar-refractivity contribution in [2.75, 3.05) is 0 Å². The minimum absolute atomic E-state index is 0.0371. The highest BCUT2D eigenvalue weighted by molar-refractivity contribution is 6.06. The number of H-pyrrole nitrogens is 1. The van der Waals surface area contributed by atoms with Gasteiger partial charge in [-0.3, -0.25) is 4.79 Å². The lowest BCUT2D eigenvalue weighted by Gasteiger charge is -2.20. The zero-order chi connectivity index (χ0) is 11.8. The number of rotatable bonds is 1. The summed E-state index contributed by atoms with van der Waals surface area (Å²) in [6, 6.07) is 7.79. The number of aromatic amines is 1. The average Bonchev–Trinajstić information content (AvgIpc) is 2.58. The fourth-order valence-corrected chi connectivity index (χ4v) is 1.67. The van der Waals surface area contributed by atoms with Crippen molar-refractivity contribution in [3.05, 3.63) is 36.0 Å². The van der Waals surface area contributed by atoms with Crippen molar-refractivity contribution in [3.8, 4) is 0 Å². The van der Waals surface area contributed by atoms with Crippen LogP contribution in [0.1, 0.15) is 31.1 Å². The van der Waals surface area contributed by atoms with Gasteiger partial charge in [-0.2, -0.15) is 0 Å². The zero-order valence-electron chi connectivity index (χ0n) is 9.79. The average molecular weight is 216 g/mol. The molecule has 0 bridgehead atoms. The molecular formula is C13H16N2O. The summed E-state index contributed by atoms with van der Waals surface area (Å²) in [6.45, 7) is 5.92. The minimum Gasteiger partial charge on any atom is -0.360 e. The van der Waals surface area contributed by atoms with Crippen molar-refractivity contribution in [1.29, 1.82) is 0 Å². The fourth-order valence-electron chi connectivity index (χ4n) is 1.67. The summed E-state index contributed by atoms with van der Waals surface area (Å²) >= 11 is 0. The van der Waals surface area contributed by atoms with Gasteiger partial charge in [-0.05, 0) is 26.8 Å². The number of para-hydroxylation sites is 1. The molecule has 0 fully saturated rings. The molecule has 0 aliphatic rings. The highest BCUT2D eigenvalue weighted by atomic mass is 16.1. The van der Waals surface area contributed by atoms with E-state index >= 15 is 0 Å². The predicted octanol–water partition coefficient (Wildman–Crippen LogP) is 2.70. The van der Waals surface area contributed by atoms with Crippen LogP contribution >= 0.6 is 0 Å². The summed E-state index contributed by atoms with van der Waals surface area (Å²) in [5, 5.41) is 3.92. The Labute approximate surface area is 94.9 Å². The maximum absolute atomic E-state index is 12.0. The van der Waals surface area contributed by atoms with Crippen molar-refractivity contribution in [2.24, 2.45) is 0 Å². The summed E-state index contributed by atoms with van der Waals surface area (Å²) in [6.07, 6.45) is 1.76. The monoisotopic (exact) mass is 216 g/mol. The van der Waals surface area contributed by atoms with Crippen LogP contribution in [0.2, 0.25) is 0 Å². The number of nitrogens with one attached hydrogen (secondary N) is 2. The van der Waals surface area contributed by atoms with E-state index in [1.165, 1.54) is 0 Å². The zero-order valence-corrected chi connectivity index (χ0v) is 9.79. The molecule has 16 heavy (non-hydrogen) atoms. The Morgan fingerprint density at radius 3 is 2.62 bits per heavy atom. The van der Waals surface area contributed by atoms with Gasteiger partial charge in [-0.1, -0.05) is 18.2 Å². The summed E-state index contributed by atoms with van der Waals surface area (Å²) in [5.41, 5.74) is 1.47. The summed E-state index contributed by atoms with van der Waals surface area (Å²) in [5.74, 6) is -0.0371. The third kappa shape index (κ3) is 2.08. The van der Waals surface area contributed by atoms with Gasteiger partial charge in [0.25, 0.3) is 5.91 Å². The van der Waals surface area contributed by atoms with Crippen LogP contribution in [-0.4, -0.2) is 16.4 Å². The van der Waals surface area contributed by atoms with Crippen molar-refractivity contribution in [3.63, 3.8) is 0 Å². The van der Waals surface area contributed by atoms with Crippen LogP contribution < -0.4 is 5.32 Å². The number of benzene rings is 1. The van der Waals surface area contributed by atoms with Crippen LogP contribution in [-0.2, 0) is 0 Å². The largest absolute Gasteiger partial charge is 0.360 e. The molecule has 1 heterocycles. The molecule has 0 aliphatic carbocycles. The predicted molar refractivity (Wildman–Crippen MR) is 65.5 cm³/mol. The van der Waals surface area contributed by atoms with Gasteiger partial charge in [-0.25, -0.2) is 0 Å². The van der Waals surface area contributed by atoms with E-state index in [0.717, 1.165) is 10.9 Å². The summed E-state index contributed by atoms with van der Waals surface area (Å²) in [4.78, 5) is 15.1. The van der Waals surface area contributed by atoms with Gasteiger partial charge >= 0.3 is 0 Å². The van der Waals surface area contributed by atoms with Crippen LogP contribution in [0.15, 0.2) is 30.5 Å². The number of hydrogen-bond acceptors (Lipinski definition) is 1. The molecule has 1 aromatic carbocycles. The van der Waals surface area contributed by atoms with Crippen LogP contribution in [0.5, 0.6) is 0 Å². The molecule has 0 saturated heterocycles. The van der Waals surface area contributed by atoms with Gasteiger partial charge < -0.3 is 10.3 Å². The van der Waals surface area contributed by atoms with Gasteiger partial charge in [-0.15, -0.1) is 0 Å². The topological polar surface area (TPSA) is 44.9 Å². The minimum atomic E-state index is -0.213. The molecule has 84 valence electrons. The molecule has 0 atom stereocenters. The van der Waals surface area contributed by atoms with Crippen LogP contribution in [0, 0.1) is 0 Å². The van der Waals surface area contributed by atoms with Crippen molar-refractivity contribution < 1.29 is 4.79 Å². The molecule has 0 saturated carbocycles. The maximum Gasteiger partial charge on any atom is 0.253 e. The molecule has 2 N–H and O–H groups in total. The molecule has 3 nitrogen and oxygen atoms in total. The maximum atomic E-state index is 12.0. The first-order valence-corrected chi connectivity index (χ1v) is 5.36. The molecule has 0 unspecified atom stereocenters. The molecule has 0 aliphatic heterocycles. The van der Waals surface area contributed by atoms with Crippen LogP contribution in [0.3, 0.4) is 0 Å². The van der Waals surface area contributed by atoms with E-state index in [1.807, 2.05) is 45.0 Å². The van der Waals surface area contributed by atoms with Gasteiger partial charge in [0.2, 0.25) is 0 Å². The highest BCUT2D eigenvalue weighted by Gasteiger charge is 2.17. The number of aromatic nitrogens is 1. The first-order valence-electron chi connectivity index (χ1n) is 5.36. The Morgan fingerprint density at radius 1 is 1.25 bits per heavy atom. The molecule has 1 aromatic heterocycles. The first-order chi connectivity index (χ1) is 7.47. The normalized spacial score (nSPS) is 11.7.